The Hall–Kier alpha value is -1.07. The molecule has 0 spiro atoms. The summed E-state index contributed by atoms with van der Waals surface area (Å²) in [5, 5.41) is 12.1. The van der Waals surface area contributed by atoms with Gasteiger partial charge in [0.2, 0.25) is 5.91 Å². The van der Waals surface area contributed by atoms with Crippen molar-refractivity contribution in [3.63, 3.8) is 0 Å². The van der Waals surface area contributed by atoms with Crippen LogP contribution in [0.4, 0.5) is 0 Å². The summed E-state index contributed by atoms with van der Waals surface area (Å²) in [7, 11) is 0. The van der Waals surface area contributed by atoms with Gasteiger partial charge in [-0.15, -0.1) is 19.0 Å². The molecule has 0 bridgehead atoms. The van der Waals surface area contributed by atoms with Crippen LogP contribution in [0.25, 0.3) is 0 Å². The topological polar surface area (TPSA) is 69.6 Å². The molecule has 1 heterocycles. The lowest BCUT2D eigenvalue weighted by Gasteiger charge is -2.26. The third-order valence-corrected chi connectivity index (χ3v) is 3.41. The van der Waals surface area contributed by atoms with Crippen LogP contribution in [0.5, 0.6) is 0 Å². The van der Waals surface area contributed by atoms with Crippen molar-refractivity contribution in [2.75, 3.05) is 13.1 Å². The minimum Gasteiger partial charge on any atom is -0.480 e. The second kappa shape index (κ2) is 8.17. The molecule has 2 N–H and O–H groups in total. The number of carboxylic acids is 1. The smallest absolute Gasteiger partial charge is 0.320 e. The van der Waals surface area contributed by atoms with Crippen LogP contribution >= 0.6 is 12.4 Å². The molecule has 0 radical (unpaired) electrons. The van der Waals surface area contributed by atoms with Crippen molar-refractivity contribution in [1.29, 1.82) is 0 Å². The lowest BCUT2D eigenvalue weighted by atomic mass is 10.1. The minimum atomic E-state index is -0.794. The summed E-state index contributed by atoms with van der Waals surface area (Å²) in [4.78, 5) is 24.2. The van der Waals surface area contributed by atoms with Gasteiger partial charge in [-0.2, -0.15) is 0 Å². The molecule has 5 nitrogen and oxygen atoms in total. The first-order chi connectivity index (χ1) is 8.47. The van der Waals surface area contributed by atoms with Crippen LogP contribution in [0.3, 0.4) is 0 Å². The summed E-state index contributed by atoms with van der Waals surface area (Å²) < 4.78 is 0. The lowest BCUT2D eigenvalue weighted by molar-refractivity contribution is -0.142. The molecule has 1 fully saturated rings. The zero-order valence-corrected chi connectivity index (χ0v) is 12.3. The molecule has 1 aliphatic heterocycles. The van der Waals surface area contributed by atoms with Crippen molar-refractivity contribution in [1.82, 2.24) is 10.2 Å². The maximum atomic E-state index is 11.2. The van der Waals surface area contributed by atoms with E-state index >= 15 is 0 Å². The van der Waals surface area contributed by atoms with E-state index in [2.05, 4.69) is 11.9 Å². The van der Waals surface area contributed by atoms with Crippen LogP contribution < -0.4 is 5.32 Å². The summed E-state index contributed by atoms with van der Waals surface area (Å²) in [6, 6.07) is -0.455. The first kappa shape index (κ1) is 17.9. The highest BCUT2D eigenvalue weighted by atomic mass is 35.5. The Kier molecular flexibility index (Phi) is 7.71. The van der Waals surface area contributed by atoms with Gasteiger partial charge in [0, 0.05) is 26.1 Å². The number of nitrogens with zero attached hydrogens (tertiary/aromatic N) is 1. The van der Waals surface area contributed by atoms with E-state index in [1.807, 2.05) is 17.9 Å². The molecule has 1 rings (SSSR count). The fourth-order valence-electron chi connectivity index (χ4n) is 2.42. The van der Waals surface area contributed by atoms with Gasteiger partial charge in [0.1, 0.15) is 6.04 Å². The molecule has 1 saturated heterocycles. The molecule has 0 aromatic carbocycles. The normalized spacial score (nSPS) is 24.3. The van der Waals surface area contributed by atoms with Gasteiger partial charge in [-0.3, -0.25) is 14.5 Å². The number of halogens is 1. The lowest BCUT2D eigenvalue weighted by Crippen LogP contribution is -2.46. The third kappa shape index (κ3) is 5.20. The van der Waals surface area contributed by atoms with Crippen LogP contribution in [-0.2, 0) is 9.59 Å². The second-order valence-electron chi connectivity index (χ2n) is 4.85. The van der Waals surface area contributed by atoms with E-state index in [1.165, 1.54) is 6.92 Å². The number of aliphatic carboxylic acids is 1. The van der Waals surface area contributed by atoms with Crippen molar-refractivity contribution < 1.29 is 14.7 Å². The highest BCUT2D eigenvalue weighted by Gasteiger charge is 2.36. The van der Waals surface area contributed by atoms with Crippen molar-refractivity contribution in [3.8, 4) is 0 Å². The molecule has 0 saturated carbocycles. The fraction of sp³-hybridized carbons (Fsp3) is 0.692. The zero-order valence-electron chi connectivity index (χ0n) is 11.5. The Bertz CT molecular complexity index is 336. The summed E-state index contributed by atoms with van der Waals surface area (Å²) in [5.74, 6) is -0.647. The maximum Gasteiger partial charge on any atom is 0.320 e. The number of hydrogen-bond acceptors (Lipinski definition) is 3. The standard InChI is InChI=1S/C13H22N2O3.ClH/c1-4-10-6-12(13(17)18)15(7-10)8-11(5-2)14-9(3)16;/h4,10-12H,1,5-8H2,2-3H3,(H,14,16)(H,17,18);1H/t10?,11-,12?;/m1./s1. The molecule has 1 amide bonds. The number of hydrogen-bond donors (Lipinski definition) is 2. The zero-order chi connectivity index (χ0) is 13.7. The number of carbonyl (C=O) groups is 2. The van der Waals surface area contributed by atoms with E-state index in [0.717, 1.165) is 6.42 Å². The summed E-state index contributed by atoms with van der Waals surface area (Å²) in [5.41, 5.74) is 0. The third-order valence-electron chi connectivity index (χ3n) is 3.41. The molecule has 2 unspecified atom stereocenters. The molecular formula is C13H23ClN2O3. The fourth-order valence-corrected chi connectivity index (χ4v) is 2.42. The number of likely N-dealkylation sites (tertiary alicyclic amines) is 1. The summed E-state index contributed by atoms with van der Waals surface area (Å²) in [6.45, 7) is 8.48. The average Bonchev–Trinajstić information content (AvgIpc) is 2.70. The number of nitrogens with one attached hydrogen (secondary N) is 1. The molecule has 0 aliphatic carbocycles. The highest BCUT2D eigenvalue weighted by Crippen LogP contribution is 2.24. The van der Waals surface area contributed by atoms with Crippen LogP contribution in [0.15, 0.2) is 12.7 Å². The van der Waals surface area contributed by atoms with E-state index in [9.17, 15) is 14.7 Å². The largest absolute Gasteiger partial charge is 0.480 e. The Morgan fingerprint density at radius 3 is 2.63 bits per heavy atom. The molecule has 3 atom stereocenters. The molecular weight excluding hydrogens is 268 g/mol. The minimum absolute atomic E-state index is 0. The van der Waals surface area contributed by atoms with Gasteiger partial charge >= 0.3 is 5.97 Å². The molecule has 19 heavy (non-hydrogen) atoms. The van der Waals surface area contributed by atoms with E-state index in [4.69, 9.17) is 0 Å². The predicted molar refractivity (Wildman–Crippen MR) is 76.4 cm³/mol. The number of carboxylic acid groups (broad SMARTS) is 1. The van der Waals surface area contributed by atoms with Gasteiger partial charge in [0.15, 0.2) is 0 Å². The van der Waals surface area contributed by atoms with Crippen LogP contribution in [-0.4, -0.2) is 47.1 Å². The van der Waals surface area contributed by atoms with Gasteiger partial charge in [0.05, 0.1) is 0 Å². The van der Waals surface area contributed by atoms with Crippen LogP contribution in [0.2, 0.25) is 0 Å². The Labute approximate surface area is 120 Å². The highest BCUT2D eigenvalue weighted by molar-refractivity contribution is 5.85. The van der Waals surface area contributed by atoms with Gasteiger partial charge in [-0.25, -0.2) is 0 Å². The summed E-state index contributed by atoms with van der Waals surface area (Å²) >= 11 is 0. The van der Waals surface area contributed by atoms with Crippen molar-refractivity contribution in [2.24, 2.45) is 5.92 Å². The van der Waals surface area contributed by atoms with Crippen molar-refractivity contribution in [2.45, 2.75) is 38.8 Å². The van der Waals surface area contributed by atoms with Gasteiger partial charge in [0.25, 0.3) is 0 Å². The van der Waals surface area contributed by atoms with E-state index < -0.39 is 12.0 Å². The average molecular weight is 291 g/mol. The number of carbonyl (C=O) groups excluding carboxylic acids is 1. The van der Waals surface area contributed by atoms with Crippen molar-refractivity contribution in [3.05, 3.63) is 12.7 Å². The maximum absolute atomic E-state index is 11.2. The van der Waals surface area contributed by atoms with Crippen LogP contribution in [0, 0.1) is 5.92 Å². The number of rotatable bonds is 6. The Morgan fingerprint density at radius 2 is 2.21 bits per heavy atom. The second-order valence-corrected chi connectivity index (χ2v) is 4.85. The molecule has 1 aliphatic rings. The predicted octanol–water partition coefficient (Wildman–Crippen LogP) is 1.28. The molecule has 0 aromatic rings. The SMILES string of the molecule is C=CC1CC(C(=O)O)N(C[C@@H](CC)NC(C)=O)C1.Cl. The van der Waals surface area contributed by atoms with Crippen molar-refractivity contribution >= 4 is 24.3 Å². The molecule has 0 aromatic heterocycles. The molecule has 110 valence electrons. The summed E-state index contributed by atoms with van der Waals surface area (Å²) in [6.07, 6.45) is 3.21. The first-order valence-corrected chi connectivity index (χ1v) is 6.34. The van der Waals surface area contributed by atoms with E-state index in [1.54, 1.807) is 0 Å². The van der Waals surface area contributed by atoms with E-state index in [0.29, 0.717) is 19.5 Å². The Morgan fingerprint density at radius 1 is 1.58 bits per heavy atom. The monoisotopic (exact) mass is 290 g/mol. The Balaban J connectivity index is 0.00000324. The van der Waals surface area contributed by atoms with E-state index in [-0.39, 0.29) is 30.3 Å². The van der Waals surface area contributed by atoms with Gasteiger partial charge in [-0.05, 0) is 18.8 Å². The van der Waals surface area contributed by atoms with Gasteiger partial charge in [-0.1, -0.05) is 13.0 Å². The van der Waals surface area contributed by atoms with Gasteiger partial charge < -0.3 is 10.4 Å². The first-order valence-electron chi connectivity index (χ1n) is 6.34. The molecule has 6 heteroatoms. The quantitative estimate of drug-likeness (QED) is 0.723. The number of amides is 1. The van der Waals surface area contributed by atoms with Crippen LogP contribution in [0.1, 0.15) is 26.7 Å².